The number of hydrogen-bond acceptors (Lipinski definition) is 3. The van der Waals surface area contributed by atoms with Crippen molar-refractivity contribution in [2.75, 3.05) is 32.8 Å². The lowest BCUT2D eigenvalue weighted by Gasteiger charge is -2.22. The Morgan fingerprint density at radius 2 is 2.00 bits per heavy atom. The Balaban J connectivity index is 0.00000400. The Morgan fingerprint density at radius 3 is 2.48 bits per heavy atom. The largest absolute Gasteiger partial charge is 0.396 e. The molecule has 0 bridgehead atoms. The van der Waals surface area contributed by atoms with Gasteiger partial charge in [0.1, 0.15) is 0 Å². The molecule has 1 heterocycles. The molecule has 3 unspecified atom stereocenters. The van der Waals surface area contributed by atoms with E-state index < -0.39 is 0 Å². The zero-order chi connectivity index (χ0) is 15.1. The normalized spacial score (nSPS) is 24.8. The molecule has 0 aromatic heterocycles. The van der Waals surface area contributed by atoms with Crippen LogP contribution in [0.15, 0.2) is 4.99 Å². The molecule has 1 rings (SSSR count). The first kappa shape index (κ1) is 20.9. The third-order valence-corrected chi connectivity index (χ3v) is 3.91. The van der Waals surface area contributed by atoms with Crippen LogP contribution in [0.5, 0.6) is 0 Å². The fourth-order valence-corrected chi connectivity index (χ4v) is 2.41. The highest BCUT2D eigenvalue weighted by Gasteiger charge is 2.31. The summed E-state index contributed by atoms with van der Waals surface area (Å²) in [6.45, 7) is 14.8. The molecule has 3 atom stereocenters. The molecule has 6 heteroatoms. The summed E-state index contributed by atoms with van der Waals surface area (Å²) in [6, 6.07) is 1.04. The van der Waals surface area contributed by atoms with E-state index in [4.69, 9.17) is 5.11 Å². The fourth-order valence-electron chi connectivity index (χ4n) is 2.41. The van der Waals surface area contributed by atoms with Gasteiger partial charge in [-0.25, -0.2) is 0 Å². The Bertz CT molecular complexity index is 312. The van der Waals surface area contributed by atoms with Crippen molar-refractivity contribution < 1.29 is 5.11 Å². The molecule has 1 fully saturated rings. The first-order chi connectivity index (χ1) is 9.47. The molecule has 0 aromatic carbocycles. The first-order valence-electron chi connectivity index (χ1n) is 7.87. The van der Waals surface area contributed by atoms with Crippen molar-refractivity contribution in [1.82, 2.24) is 15.5 Å². The third-order valence-electron chi connectivity index (χ3n) is 3.91. The number of hydrogen-bond donors (Lipinski definition) is 3. The topological polar surface area (TPSA) is 59.9 Å². The third kappa shape index (κ3) is 7.15. The molecule has 1 aliphatic rings. The standard InChI is InChI=1S/C15H32N4O.HI/c1-6-16-15(17-7-12(4)10-20)18-14-9-19(11(2)3)8-13(14)5;/h11-14,20H,6-10H2,1-5H3,(H2,16,17,18);1H. The zero-order valence-corrected chi connectivity index (χ0v) is 16.4. The quantitative estimate of drug-likeness (QED) is 0.352. The second kappa shape index (κ2) is 10.6. The molecule has 0 spiro atoms. The summed E-state index contributed by atoms with van der Waals surface area (Å²) in [5.74, 6) is 1.70. The van der Waals surface area contributed by atoms with Crippen LogP contribution in [0.2, 0.25) is 0 Å². The molecule has 0 saturated carbocycles. The maximum Gasteiger partial charge on any atom is 0.191 e. The summed E-state index contributed by atoms with van der Waals surface area (Å²) >= 11 is 0. The highest BCUT2D eigenvalue weighted by molar-refractivity contribution is 14.0. The highest BCUT2D eigenvalue weighted by Crippen LogP contribution is 2.18. The van der Waals surface area contributed by atoms with Gasteiger partial charge in [0.05, 0.1) is 0 Å². The second-order valence-corrected chi connectivity index (χ2v) is 6.28. The number of aliphatic hydroxyl groups excluding tert-OH is 1. The monoisotopic (exact) mass is 412 g/mol. The van der Waals surface area contributed by atoms with Crippen LogP contribution in [-0.4, -0.2) is 60.8 Å². The SMILES string of the molecule is CCNC(=NCC(C)CO)NC1CN(C(C)C)CC1C.I. The number of aliphatic imine (C=N–C) groups is 1. The van der Waals surface area contributed by atoms with Gasteiger partial charge in [0.2, 0.25) is 0 Å². The Labute approximate surface area is 147 Å². The Hall–Kier alpha value is -0.0800. The molecular formula is C15H33IN4O. The number of aliphatic hydroxyl groups is 1. The minimum atomic E-state index is 0. The molecule has 0 radical (unpaired) electrons. The van der Waals surface area contributed by atoms with Gasteiger partial charge >= 0.3 is 0 Å². The molecule has 1 saturated heterocycles. The summed E-state index contributed by atoms with van der Waals surface area (Å²) in [7, 11) is 0. The van der Waals surface area contributed by atoms with Crippen LogP contribution in [0.1, 0.15) is 34.6 Å². The number of likely N-dealkylation sites (tertiary alicyclic amines) is 1. The highest BCUT2D eigenvalue weighted by atomic mass is 127. The lowest BCUT2D eigenvalue weighted by atomic mass is 10.1. The smallest absolute Gasteiger partial charge is 0.191 e. The van der Waals surface area contributed by atoms with Crippen LogP contribution >= 0.6 is 24.0 Å². The number of rotatable bonds is 6. The zero-order valence-electron chi connectivity index (χ0n) is 14.1. The van der Waals surface area contributed by atoms with Crippen molar-refractivity contribution in [1.29, 1.82) is 0 Å². The van der Waals surface area contributed by atoms with Gasteiger partial charge in [-0.3, -0.25) is 9.89 Å². The summed E-state index contributed by atoms with van der Waals surface area (Å²) < 4.78 is 0. The molecule has 3 N–H and O–H groups in total. The van der Waals surface area contributed by atoms with E-state index in [0.29, 0.717) is 24.5 Å². The van der Waals surface area contributed by atoms with Crippen molar-refractivity contribution in [3.63, 3.8) is 0 Å². The number of nitrogens with zero attached hydrogens (tertiary/aromatic N) is 2. The number of guanidine groups is 1. The van der Waals surface area contributed by atoms with Crippen LogP contribution in [0.3, 0.4) is 0 Å². The predicted octanol–water partition coefficient (Wildman–Crippen LogP) is 1.52. The summed E-state index contributed by atoms with van der Waals surface area (Å²) in [5, 5.41) is 15.9. The van der Waals surface area contributed by atoms with Crippen LogP contribution in [-0.2, 0) is 0 Å². The van der Waals surface area contributed by atoms with Crippen LogP contribution in [0, 0.1) is 11.8 Å². The van der Waals surface area contributed by atoms with Crippen LogP contribution in [0.25, 0.3) is 0 Å². The first-order valence-corrected chi connectivity index (χ1v) is 7.87. The second-order valence-electron chi connectivity index (χ2n) is 6.28. The van der Waals surface area contributed by atoms with Crippen molar-refractivity contribution in [3.05, 3.63) is 0 Å². The van der Waals surface area contributed by atoms with Gasteiger partial charge in [0.25, 0.3) is 0 Å². The van der Waals surface area contributed by atoms with E-state index in [1.54, 1.807) is 0 Å². The van der Waals surface area contributed by atoms with Crippen LogP contribution in [0.4, 0.5) is 0 Å². The lowest BCUT2D eigenvalue weighted by Crippen LogP contribution is -2.47. The van der Waals surface area contributed by atoms with Crippen molar-refractivity contribution >= 4 is 29.9 Å². The van der Waals surface area contributed by atoms with Gasteiger partial charge in [-0.05, 0) is 32.6 Å². The maximum atomic E-state index is 9.08. The molecule has 5 nitrogen and oxygen atoms in total. The lowest BCUT2D eigenvalue weighted by molar-refractivity contribution is 0.241. The van der Waals surface area contributed by atoms with E-state index >= 15 is 0 Å². The van der Waals surface area contributed by atoms with Gasteiger partial charge in [-0.2, -0.15) is 0 Å². The Morgan fingerprint density at radius 1 is 1.33 bits per heavy atom. The van der Waals surface area contributed by atoms with Crippen molar-refractivity contribution in [3.8, 4) is 0 Å². The maximum absolute atomic E-state index is 9.08. The van der Waals surface area contributed by atoms with Gasteiger partial charge in [0, 0.05) is 44.9 Å². The average Bonchev–Trinajstić information content (AvgIpc) is 2.77. The number of halogens is 1. The minimum absolute atomic E-state index is 0. The van der Waals surface area contributed by atoms with E-state index in [-0.39, 0.29) is 36.5 Å². The van der Waals surface area contributed by atoms with Crippen LogP contribution < -0.4 is 10.6 Å². The van der Waals surface area contributed by atoms with E-state index in [2.05, 4.69) is 48.2 Å². The Kier molecular flexibility index (Phi) is 10.6. The van der Waals surface area contributed by atoms with Crippen molar-refractivity contribution in [2.24, 2.45) is 16.8 Å². The van der Waals surface area contributed by atoms with Gasteiger partial charge in [-0.15, -0.1) is 24.0 Å². The average molecular weight is 412 g/mol. The molecule has 0 aromatic rings. The molecule has 21 heavy (non-hydrogen) atoms. The van der Waals surface area contributed by atoms with E-state index in [1.807, 2.05) is 6.92 Å². The minimum Gasteiger partial charge on any atom is -0.396 e. The molecule has 0 amide bonds. The van der Waals surface area contributed by atoms with E-state index in [9.17, 15) is 0 Å². The molecule has 126 valence electrons. The molecule has 0 aliphatic carbocycles. The summed E-state index contributed by atoms with van der Waals surface area (Å²) in [4.78, 5) is 7.07. The van der Waals surface area contributed by atoms with E-state index in [0.717, 1.165) is 25.6 Å². The van der Waals surface area contributed by atoms with Crippen molar-refractivity contribution in [2.45, 2.75) is 46.7 Å². The summed E-state index contributed by atoms with van der Waals surface area (Å²) in [6.07, 6.45) is 0. The molecular weight excluding hydrogens is 379 g/mol. The number of nitrogens with one attached hydrogen (secondary N) is 2. The van der Waals surface area contributed by atoms with E-state index in [1.165, 1.54) is 0 Å². The predicted molar refractivity (Wildman–Crippen MR) is 100 cm³/mol. The fraction of sp³-hybridized carbons (Fsp3) is 0.933. The van der Waals surface area contributed by atoms with Gasteiger partial charge in [0.15, 0.2) is 5.96 Å². The van der Waals surface area contributed by atoms with Gasteiger partial charge < -0.3 is 15.7 Å². The summed E-state index contributed by atoms with van der Waals surface area (Å²) in [5.41, 5.74) is 0. The van der Waals surface area contributed by atoms with Gasteiger partial charge in [-0.1, -0.05) is 13.8 Å². The molecule has 1 aliphatic heterocycles.